The Kier molecular flexibility index (Phi) is 6.85. The molecule has 1 atom stereocenters. The van der Waals surface area contributed by atoms with Gasteiger partial charge >= 0.3 is 0 Å². The van der Waals surface area contributed by atoms with Crippen molar-refractivity contribution in [1.29, 1.82) is 0 Å². The minimum Gasteiger partial charge on any atom is -0.496 e. The lowest BCUT2D eigenvalue weighted by Crippen LogP contribution is -2.24. The molecule has 2 aromatic heterocycles. The van der Waals surface area contributed by atoms with Gasteiger partial charge in [0, 0.05) is 27.7 Å². The third kappa shape index (κ3) is 5.02. The largest absolute Gasteiger partial charge is 0.496 e. The number of amides is 1. The molecule has 3 heterocycles. The predicted molar refractivity (Wildman–Crippen MR) is 140 cm³/mol. The fourth-order valence-corrected chi connectivity index (χ4v) is 5.83. The molecular formula is C27H24ClN3O5S. The van der Waals surface area contributed by atoms with Crippen LogP contribution in [0.3, 0.4) is 0 Å². The highest BCUT2D eigenvalue weighted by molar-refractivity contribution is 7.92. The van der Waals surface area contributed by atoms with Crippen molar-refractivity contribution in [3.05, 3.63) is 82.6 Å². The van der Waals surface area contributed by atoms with Gasteiger partial charge in [-0.05, 0) is 61.0 Å². The van der Waals surface area contributed by atoms with Crippen LogP contribution in [-0.4, -0.2) is 43.3 Å². The Balaban J connectivity index is 1.37. The average Bonchev–Trinajstić information content (AvgIpc) is 3.01. The van der Waals surface area contributed by atoms with Gasteiger partial charge in [-0.1, -0.05) is 17.7 Å². The maximum Gasteiger partial charge on any atom is 0.251 e. The normalized spacial score (nSPS) is 16.6. The lowest BCUT2D eigenvalue weighted by atomic mass is 10.1. The zero-order valence-electron chi connectivity index (χ0n) is 20.2. The first-order valence-corrected chi connectivity index (χ1v) is 13.5. The molecule has 190 valence electrons. The van der Waals surface area contributed by atoms with Gasteiger partial charge in [0.25, 0.3) is 5.91 Å². The first kappa shape index (κ1) is 25.1. The van der Waals surface area contributed by atoms with Gasteiger partial charge in [0.2, 0.25) is 0 Å². The van der Waals surface area contributed by atoms with E-state index in [1.54, 1.807) is 44.5 Å². The molecule has 37 heavy (non-hydrogen) atoms. The minimum absolute atomic E-state index is 0.118. The number of fused-ring (bicyclic) bond motifs is 2. The van der Waals surface area contributed by atoms with E-state index in [1.165, 1.54) is 6.07 Å². The van der Waals surface area contributed by atoms with Gasteiger partial charge in [-0.15, -0.1) is 0 Å². The SMILES string of the molecule is COc1cc(Cl)ccc1-c1ccc2cnc(CNC(=O)c3ccc4c(c3)S(=O)(=O)[C@@H](C)COC4)cc2n1. The van der Waals surface area contributed by atoms with E-state index in [0.29, 0.717) is 33.2 Å². The number of aromatic nitrogens is 2. The van der Waals surface area contributed by atoms with Gasteiger partial charge in [0.15, 0.2) is 9.84 Å². The molecule has 0 saturated heterocycles. The molecular weight excluding hydrogens is 514 g/mol. The molecule has 1 N–H and O–H groups in total. The lowest BCUT2D eigenvalue weighted by molar-refractivity contribution is 0.0950. The van der Waals surface area contributed by atoms with Crippen molar-refractivity contribution >= 4 is 38.2 Å². The summed E-state index contributed by atoms with van der Waals surface area (Å²) >= 11 is 6.09. The summed E-state index contributed by atoms with van der Waals surface area (Å²) in [4.78, 5) is 22.2. The van der Waals surface area contributed by atoms with E-state index >= 15 is 0 Å². The smallest absolute Gasteiger partial charge is 0.251 e. The highest BCUT2D eigenvalue weighted by Crippen LogP contribution is 2.32. The number of carbonyl (C=O) groups excluding carboxylic acids is 1. The molecule has 2 aromatic carbocycles. The second kappa shape index (κ2) is 10.1. The molecule has 0 spiro atoms. The average molecular weight is 538 g/mol. The molecule has 0 aliphatic carbocycles. The van der Waals surface area contributed by atoms with E-state index in [-0.39, 0.29) is 30.2 Å². The maximum atomic E-state index is 12.9. The third-order valence-corrected chi connectivity index (χ3v) is 8.70. The Bertz CT molecular complexity index is 1620. The quantitative estimate of drug-likeness (QED) is 0.397. The van der Waals surface area contributed by atoms with E-state index in [4.69, 9.17) is 26.1 Å². The number of hydrogen-bond acceptors (Lipinski definition) is 7. The zero-order chi connectivity index (χ0) is 26.2. The Morgan fingerprint density at radius 1 is 1.16 bits per heavy atom. The summed E-state index contributed by atoms with van der Waals surface area (Å²) in [6, 6.07) is 15.6. The predicted octanol–water partition coefficient (Wildman–Crippen LogP) is 4.58. The number of carbonyl (C=O) groups is 1. The molecule has 0 fully saturated rings. The molecule has 0 bridgehead atoms. The van der Waals surface area contributed by atoms with Crippen LogP contribution in [0.5, 0.6) is 5.75 Å². The highest BCUT2D eigenvalue weighted by atomic mass is 35.5. The van der Waals surface area contributed by atoms with Crippen LogP contribution in [0.4, 0.5) is 0 Å². The van der Waals surface area contributed by atoms with Crippen molar-refractivity contribution in [2.24, 2.45) is 0 Å². The molecule has 1 amide bonds. The Morgan fingerprint density at radius 2 is 2.00 bits per heavy atom. The number of methoxy groups -OCH3 is 1. The van der Waals surface area contributed by atoms with E-state index in [2.05, 4.69) is 10.3 Å². The van der Waals surface area contributed by atoms with Gasteiger partial charge in [-0.3, -0.25) is 9.78 Å². The number of halogens is 1. The minimum atomic E-state index is -3.58. The summed E-state index contributed by atoms with van der Waals surface area (Å²) < 4.78 is 36.6. The highest BCUT2D eigenvalue weighted by Gasteiger charge is 2.30. The van der Waals surface area contributed by atoms with Crippen LogP contribution >= 0.6 is 11.6 Å². The van der Waals surface area contributed by atoms with E-state index in [0.717, 1.165) is 10.9 Å². The lowest BCUT2D eigenvalue weighted by Gasteiger charge is -2.12. The first-order chi connectivity index (χ1) is 17.8. The van der Waals surface area contributed by atoms with Crippen LogP contribution in [0, 0.1) is 0 Å². The fourth-order valence-electron chi connectivity index (χ4n) is 4.18. The van der Waals surface area contributed by atoms with Crippen LogP contribution in [0.1, 0.15) is 28.5 Å². The zero-order valence-corrected chi connectivity index (χ0v) is 21.8. The van der Waals surface area contributed by atoms with Gasteiger partial charge < -0.3 is 14.8 Å². The maximum absolute atomic E-state index is 12.9. The second-order valence-corrected chi connectivity index (χ2v) is 11.6. The van der Waals surface area contributed by atoms with Crippen molar-refractivity contribution in [1.82, 2.24) is 15.3 Å². The number of nitrogens with zero attached hydrogens (tertiary/aromatic N) is 2. The van der Waals surface area contributed by atoms with Crippen LogP contribution < -0.4 is 10.1 Å². The van der Waals surface area contributed by atoms with Gasteiger partial charge in [-0.2, -0.15) is 0 Å². The topological polar surface area (TPSA) is 107 Å². The number of benzene rings is 2. The van der Waals surface area contributed by atoms with Crippen molar-refractivity contribution < 1.29 is 22.7 Å². The molecule has 1 aliphatic heterocycles. The van der Waals surface area contributed by atoms with E-state index in [1.807, 2.05) is 24.3 Å². The van der Waals surface area contributed by atoms with Gasteiger partial charge in [-0.25, -0.2) is 13.4 Å². The molecule has 1 aliphatic rings. The van der Waals surface area contributed by atoms with Crippen molar-refractivity contribution in [2.45, 2.75) is 30.2 Å². The van der Waals surface area contributed by atoms with Crippen LogP contribution in [0.15, 0.2) is 65.7 Å². The summed E-state index contributed by atoms with van der Waals surface area (Å²) in [5.41, 5.74) is 3.64. The number of hydrogen-bond donors (Lipinski definition) is 1. The van der Waals surface area contributed by atoms with Crippen LogP contribution in [0.25, 0.3) is 22.2 Å². The number of ether oxygens (including phenoxy) is 2. The van der Waals surface area contributed by atoms with Crippen LogP contribution in [-0.2, 0) is 27.7 Å². The van der Waals surface area contributed by atoms with Crippen LogP contribution in [0.2, 0.25) is 5.02 Å². The monoisotopic (exact) mass is 537 g/mol. The summed E-state index contributed by atoms with van der Waals surface area (Å²) in [5.74, 6) is 0.218. The second-order valence-electron chi connectivity index (χ2n) is 8.79. The fraction of sp³-hybridized carbons (Fsp3) is 0.222. The number of rotatable bonds is 5. The molecule has 8 nitrogen and oxygen atoms in total. The van der Waals surface area contributed by atoms with Gasteiger partial charge in [0.05, 0.1) is 53.9 Å². The Hall–Kier alpha value is -3.53. The number of pyridine rings is 2. The number of nitrogens with one attached hydrogen (secondary N) is 1. The summed E-state index contributed by atoms with van der Waals surface area (Å²) in [7, 11) is -2.00. The molecule has 0 unspecified atom stereocenters. The molecule has 0 saturated carbocycles. The summed E-state index contributed by atoms with van der Waals surface area (Å²) in [6.45, 7) is 2.06. The summed E-state index contributed by atoms with van der Waals surface area (Å²) in [5, 5.41) is 3.55. The Labute approximate surface area is 219 Å². The van der Waals surface area contributed by atoms with Crippen molar-refractivity contribution in [3.63, 3.8) is 0 Å². The van der Waals surface area contributed by atoms with Crippen molar-refractivity contribution in [2.75, 3.05) is 13.7 Å². The summed E-state index contributed by atoms with van der Waals surface area (Å²) in [6.07, 6.45) is 1.70. The molecule has 10 heteroatoms. The van der Waals surface area contributed by atoms with E-state index in [9.17, 15) is 13.2 Å². The molecule has 4 aromatic rings. The third-order valence-electron chi connectivity index (χ3n) is 6.28. The first-order valence-electron chi connectivity index (χ1n) is 11.6. The standard InChI is InChI=1S/C27H24ClN3O5S/c1-16-14-36-15-19-4-3-17(9-26(19)37(16,33)34)27(32)30-13-21-11-24-18(12-29-21)5-8-23(31-24)22-7-6-20(28)10-25(22)35-2/h3-12,16H,13-15H2,1-2H3,(H,30,32)/t16-/m0/s1. The molecule has 5 rings (SSSR count). The van der Waals surface area contributed by atoms with Crippen molar-refractivity contribution in [3.8, 4) is 17.0 Å². The Morgan fingerprint density at radius 3 is 2.81 bits per heavy atom. The number of sulfone groups is 1. The van der Waals surface area contributed by atoms with E-state index < -0.39 is 21.0 Å². The van der Waals surface area contributed by atoms with Gasteiger partial charge in [0.1, 0.15) is 5.75 Å². The molecule has 0 radical (unpaired) electrons.